The van der Waals surface area contributed by atoms with Crippen LogP contribution in [0.15, 0.2) is 60.8 Å². The van der Waals surface area contributed by atoms with E-state index in [1.54, 1.807) is 6.08 Å². The van der Waals surface area contributed by atoms with E-state index >= 15 is 0 Å². The van der Waals surface area contributed by atoms with Crippen molar-refractivity contribution in [1.82, 2.24) is 5.32 Å². The van der Waals surface area contributed by atoms with Crippen LogP contribution in [0.3, 0.4) is 0 Å². The molecule has 284 valence electrons. The Morgan fingerprint density at radius 2 is 1.18 bits per heavy atom. The lowest BCUT2D eigenvalue weighted by Gasteiger charge is -2.25. The number of carbonyl (C=O) groups is 1. The number of likely N-dealkylation sites (N-methyl/N-ethyl adjacent to an activating group) is 1. The normalized spacial score (nSPS) is 15.3. The van der Waals surface area contributed by atoms with Crippen molar-refractivity contribution in [2.24, 2.45) is 0 Å². The predicted octanol–water partition coefficient (Wildman–Crippen LogP) is 9.90. The summed E-state index contributed by atoms with van der Waals surface area (Å²) in [4.78, 5) is 22.9. The third kappa shape index (κ3) is 34.4. The number of unbranched alkanes of at least 4 members (excludes halogenated alkanes) is 12. The van der Waals surface area contributed by atoms with Gasteiger partial charge in [-0.05, 0) is 64.2 Å². The number of phosphoric ester groups is 1. The Balaban J connectivity index is 4.73. The first-order valence-electron chi connectivity index (χ1n) is 19.2. The number of hydrogen-bond acceptors (Lipinski definition) is 5. The molecule has 0 bridgehead atoms. The van der Waals surface area contributed by atoms with Crippen LogP contribution >= 0.6 is 7.82 Å². The molecule has 0 aliphatic heterocycles. The summed E-state index contributed by atoms with van der Waals surface area (Å²) in [6.45, 7) is 4.67. The fourth-order valence-corrected chi connectivity index (χ4v) is 5.56. The Morgan fingerprint density at radius 1 is 0.694 bits per heavy atom. The Labute approximate surface area is 301 Å². The number of aliphatic hydroxyl groups is 1. The number of amides is 1. The van der Waals surface area contributed by atoms with Crippen LogP contribution in [0.4, 0.5) is 0 Å². The average Bonchev–Trinajstić information content (AvgIpc) is 3.04. The molecule has 0 fully saturated rings. The second-order valence-corrected chi connectivity index (χ2v) is 15.4. The van der Waals surface area contributed by atoms with Gasteiger partial charge in [-0.25, -0.2) is 4.57 Å². The maximum Gasteiger partial charge on any atom is 0.472 e. The third-order valence-corrected chi connectivity index (χ3v) is 8.94. The van der Waals surface area contributed by atoms with E-state index in [0.717, 1.165) is 44.9 Å². The quantitative estimate of drug-likeness (QED) is 0.0271. The molecule has 9 heteroatoms. The van der Waals surface area contributed by atoms with Crippen molar-refractivity contribution < 1.29 is 32.9 Å². The summed E-state index contributed by atoms with van der Waals surface area (Å²) in [6, 6.07) is -0.899. The zero-order chi connectivity index (χ0) is 36.5. The molecule has 49 heavy (non-hydrogen) atoms. The molecule has 0 saturated carbocycles. The molecular weight excluding hydrogens is 635 g/mol. The van der Waals surface area contributed by atoms with Crippen LogP contribution < -0.4 is 5.32 Å². The number of hydrogen-bond donors (Lipinski definition) is 3. The Hall–Kier alpha value is -1.80. The van der Waals surface area contributed by atoms with Gasteiger partial charge in [0.15, 0.2) is 0 Å². The van der Waals surface area contributed by atoms with E-state index in [9.17, 15) is 19.4 Å². The molecule has 0 aliphatic rings. The van der Waals surface area contributed by atoms with Gasteiger partial charge >= 0.3 is 7.82 Å². The van der Waals surface area contributed by atoms with Crippen molar-refractivity contribution in [2.45, 2.75) is 148 Å². The molecule has 0 spiro atoms. The van der Waals surface area contributed by atoms with Crippen molar-refractivity contribution in [1.29, 1.82) is 0 Å². The van der Waals surface area contributed by atoms with Crippen molar-refractivity contribution in [3.8, 4) is 0 Å². The van der Waals surface area contributed by atoms with E-state index in [-0.39, 0.29) is 25.5 Å². The van der Waals surface area contributed by atoms with Gasteiger partial charge in [-0.3, -0.25) is 13.8 Å². The van der Waals surface area contributed by atoms with Crippen LogP contribution in [0.25, 0.3) is 0 Å². The van der Waals surface area contributed by atoms with Crippen LogP contribution in [0.5, 0.6) is 0 Å². The smallest absolute Gasteiger partial charge is 0.387 e. The minimum atomic E-state index is -4.36. The molecular formula is C40H74N2O6P+. The summed E-state index contributed by atoms with van der Waals surface area (Å²) >= 11 is 0. The number of phosphoric acid groups is 1. The molecule has 0 radical (unpaired) electrons. The molecule has 0 aromatic rings. The number of carbonyl (C=O) groups excluding carboxylic acids is 1. The van der Waals surface area contributed by atoms with Gasteiger partial charge in [-0.1, -0.05) is 126 Å². The zero-order valence-corrected chi connectivity index (χ0v) is 32.8. The van der Waals surface area contributed by atoms with E-state index in [1.807, 2.05) is 33.3 Å². The third-order valence-electron chi connectivity index (χ3n) is 7.95. The van der Waals surface area contributed by atoms with Gasteiger partial charge in [-0.2, -0.15) is 0 Å². The Morgan fingerprint density at radius 3 is 1.78 bits per heavy atom. The van der Waals surface area contributed by atoms with E-state index in [1.165, 1.54) is 64.2 Å². The van der Waals surface area contributed by atoms with Crippen molar-refractivity contribution >= 4 is 13.7 Å². The van der Waals surface area contributed by atoms with E-state index in [0.29, 0.717) is 17.4 Å². The zero-order valence-electron chi connectivity index (χ0n) is 31.9. The first-order valence-corrected chi connectivity index (χ1v) is 20.7. The largest absolute Gasteiger partial charge is 0.472 e. The lowest BCUT2D eigenvalue weighted by Crippen LogP contribution is -2.45. The molecule has 8 nitrogen and oxygen atoms in total. The van der Waals surface area contributed by atoms with Gasteiger partial charge in [0.1, 0.15) is 13.2 Å². The molecule has 0 aliphatic carbocycles. The summed E-state index contributed by atoms with van der Waals surface area (Å²) in [7, 11) is 1.50. The number of aliphatic hydroxyl groups excluding tert-OH is 1. The molecule has 3 N–H and O–H groups in total. The fraction of sp³-hybridized carbons (Fsp3) is 0.725. The fourth-order valence-electron chi connectivity index (χ4n) is 4.83. The van der Waals surface area contributed by atoms with Crippen molar-refractivity contribution in [3.05, 3.63) is 60.8 Å². The summed E-state index contributed by atoms with van der Waals surface area (Å²) in [5, 5.41) is 13.7. The highest BCUT2D eigenvalue weighted by atomic mass is 31.2. The van der Waals surface area contributed by atoms with E-state index in [2.05, 4.69) is 61.7 Å². The van der Waals surface area contributed by atoms with Gasteiger partial charge in [0.2, 0.25) is 5.91 Å². The van der Waals surface area contributed by atoms with Gasteiger partial charge in [0.05, 0.1) is 39.9 Å². The van der Waals surface area contributed by atoms with Crippen LogP contribution in [0.1, 0.15) is 136 Å². The lowest BCUT2D eigenvalue weighted by atomic mass is 10.1. The second kappa shape index (κ2) is 32.1. The lowest BCUT2D eigenvalue weighted by molar-refractivity contribution is -0.870. The summed E-state index contributed by atoms with van der Waals surface area (Å²) in [6.07, 6.45) is 40.2. The molecule has 3 atom stereocenters. The summed E-state index contributed by atoms with van der Waals surface area (Å²) in [5.41, 5.74) is 0. The maximum absolute atomic E-state index is 12.7. The standard InChI is InChI=1S/C40H73N2O6P/c1-6-8-10-12-14-16-18-20-22-23-25-27-29-31-33-39(43)38(37-48-49(45,46)47-36-35-42(3,4)5)41-40(44)34-32-30-28-26-24-21-19-17-15-13-11-9-7-2/h16,18,21,23-25,28,30-31,33,38-39,43H,6-15,17,19-20,22,26-27,29,32,34-37H2,1-5H3,(H-,41,44,45,46)/p+1/b18-16+,24-21-,25-23+,30-28-,33-31+. The highest BCUT2D eigenvalue weighted by Gasteiger charge is 2.27. The van der Waals surface area contributed by atoms with Crippen LogP contribution in [-0.4, -0.2) is 73.4 Å². The number of nitrogens with one attached hydrogen (secondary N) is 1. The van der Waals surface area contributed by atoms with Gasteiger partial charge in [0, 0.05) is 6.42 Å². The number of allylic oxidation sites excluding steroid dienone is 9. The Bertz CT molecular complexity index is 986. The highest BCUT2D eigenvalue weighted by molar-refractivity contribution is 7.47. The summed E-state index contributed by atoms with van der Waals surface area (Å²) < 4.78 is 23.4. The topological polar surface area (TPSA) is 105 Å². The van der Waals surface area contributed by atoms with E-state index < -0.39 is 20.0 Å². The highest BCUT2D eigenvalue weighted by Crippen LogP contribution is 2.43. The Kier molecular flexibility index (Phi) is 31.0. The average molecular weight is 710 g/mol. The first kappa shape index (κ1) is 47.2. The van der Waals surface area contributed by atoms with Crippen molar-refractivity contribution in [2.75, 3.05) is 40.9 Å². The van der Waals surface area contributed by atoms with Crippen LogP contribution in [0, 0.1) is 0 Å². The number of nitrogens with zero attached hydrogens (tertiary/aromatic N) is 1. The summed E-state index contributed by atoms with van der Waals surface area (Å²) in [5.74, 6) is -0.263. The van der Waals surface area contributed by atoms with Crippen LogP contribution in [0.2, 0.25) is 0 Å². The van der Waals surface area contributed by atoms with Crippen molar-refractivity contribution in [3.63, 3.8) is 0 Å². The van der Waals surface area contributed by atoms with E-state index in [4.69, 9.17) is 9.05 Å². The molecule has 1 amide bonds. The maximum atomic E-state index is 12.7. The number of quaternary nitrogens is 1. The predicted molar refractivity (Wildman–Crippen MR) is 207 cm³/mol. The molecule has 0 heterocycles. The van der Waals surface area contributed by atoms with Gasteiger partial charge in [-0.15, -0.1) is 0 Å². The number of rotatable bonds is 33. The first-order chi connectivity index (χ1) is 23.5. The van der Waals surface area contributed by atoms with Gasteiger partial charge < -0.3 is 19.8 Å². The molecule has 0 rings (SSSR count). The SMILES string of the molecule is CCCCCC/C=C/CC/C=C/CC/C=C/C(O)C(COP(=O)(O)OCC[N+](C)(C)C)NC(=O)CC/C=C\C/C=C\CCCCCCCC. The molecule has 0 aromatic carbocycles. The monoisotopic (exact) mass is 710 g/mol. The van der Waals surface area contributed by atoms with Crippen LogP contribution in [-0.2, 0) is 18.4 Å². The minimum Gasteiger partial charge on any atom is -0.387 e. The van der Waals surface area contributed by atoms with Gasteiger partial charge in [0.25, 0.3) is 0 Å². The molecule has 0 saturated heterocycles. The second-order valence-electron chi connectivity index (χ2n) is 13.9. The molecule has 0 aromatic heterocycles. The molecule has 3 unspecified atom stereocenters. The minimum absolute atomic E-state index is 0.0418.